The highest BCUT2D eigenvalue weighted by atomic mass is 16.5. The van der Waals surface area contributed by atoms with Gasteiger partial charge < -0.3 is 24.8 Å². The largest absolute Gasteiger partial charge is 0.493 e. The smallest absolute Gasteiger partial charge is 0.203 e. The minimum absolute atomic E-state index is 0.486. The van der Waals surface area contributed by atoms with Crippen molar-refractivity contribution in [2.45, 2.75) is 26.9 Å². The van der Waals surface area contributed by atoms with E-state index in [4.69, 9.17) is 14.2 Å². The van der Waals surface area contributed by atoms with Crippen LogP contribution < -0.4 is 24.8 Å². The maximum Gasteiger partial charge on any atom is 0.203 e. The van der Waals surface area contributed by atoms with Crippen molar-refractivity contribution in [3.8, 4) is 17.2 Å². The van der Waals surface area contributed by atoms with Gasteiger partial charge in [-0.05, 0) is 42.7 Å². The van der Waals surface area contributed by atoms with Crippen molar-refractivity contribution in [1.29, 1.82) is 0 Å². The van der Waals surface area contributed by atoms with Gasteiger partial charge in [-0.1, -0.05) is 24.3 Å². The van der Waals surface area contributed by atoms with Gasteiger partial charge in [0.25, 0.3) is 0 Å². The van der Waals surface area contributed by atoms with Crippen molar-refractivity contribution in [3.63, 3.8) is 0 Å². The Hall–Kier alpha value is -2.89. The number of hydrogen-bond acceptors (Lipinski definition) is 4. The van der Waals surface area contributed by atoms with E-state index >= 15 is 0 Å². The van der Waals surface area contributed by atoms with Gasteiger partial charge in [0.1, 0.15) is 0 Å². The number of benzene rings is 2. The zero-order valence-corrected chi connectivity index (χ0v) is 16.8. The number of aliphatic imine (C=N–C) groups is 1. The number of ether oxygens (including phenoxy) is 3. The topological polar surface area (TPSA) is 64.1 Å². The van der Waals surface area contributed by atoms with Gasteiger partial charge in [0.2, 0.25) is 5.75 Å². The summed E-state index contributed by atoms with van der Waals surface area (Å²) in [5.41, 5.74) is 3.47. The van der Waals surface area contributed by atoms with E-state index in [0.717, 1.165) is 18.1 Å². The predicted molar refractivity (Wildman–Crippen MR) is 109 cm³/mol. The SMILES string of the molecule is CCNC(=NCc1cc(OC)c(OC)c(OC)c1)NCc1ccccc1C. The summed E-state index contributed by atoms with van der Waals surface area (Å²) in [6.07, 6.45) is 0. The highest BCUT2D eigenvalue weighted by Crippen LogP contribution is 2.38. The molecule has 0 heterocycles. The molecule has 2 aromatic rings. The van der Waals surface area contributed by atoms with Gasteiger partial charge in [-0.15, -0.1) is 0 Å². The standard InChI is InChI=1S/C21H29N3O3/c1-6-22-21(24-14-17-10-8-7-9-15(17)2)23-13-16-11-18(25-3)20(27-5)19(12-16)26-4/h7-12H,6,13-14H2,1-5H3,(H2,22,23,24). The summed E-state index contributed by atoms with van der Waals surface area (Å²) in [6.45, 7) is 6.14. The van der Waals surface area contributed by atoms with Gasteiger partial charge in [-0.2, -0.15) is 0 Å². The zero-order valence-electron chi connectivity index (χ0n) is 16.8. The zero-order chi connectivity index (χ0) is 19.6. The minimum atomic E-state index is 0.486. The van der Waals surface area contributed by atoms with Crippen molar-refractivity contribution in [3.05, 3.63) is 53.1 Å². The molecule has 0 aromatic heterocycles. The van der Waals surface area contributed by atoms with Crippen LogP contribution in [0.4, 0.5) is 0 Å². The first-order valence-corrected chi connectivity index (χ1v) is 8.98. The van der Waals surface area contributed by atoms with Crippen LogP contribution in [-0.2, 0) is 13.1 Å². The van der Waals surface area contributed by atoms with Crippen LogP contribution in [0.1, 0.15) is 23.6 Å². The van der Waals surface area contributed by atoms with E-state index in [-0.39, 0.29) is 0 Å². The third-order valence-corrected chi connectivity index (χ3v) is 4.20. The summed E-state index contributed by atoms with van der Waals surface area (Å²) in [5, 5.41) is 6.65. The van der Waals surface area contributed by atoms with E-state index in [2.05, 4.69) is 34.7 Å². The summed E-state index contributed by atoms with van der Waals surface area (Å²) in [4.78, 5) is 4.68. The molecule has 27 heavy (non-hydrogen) atoms. The van der Waals surface area contributed by atoms with Crippen LogP contribution in [0.25, 0.3) is 0 Å². The molecule has 0 spiro atoms. The fourth-order valence-electron chi connectivity index (χ4n) is 2.73. The average molecular weight is 371 g/mol. The normalized spacial score (nSPS) is 11.1. The summed E-state index contributed by atoms with van der Waals surface area (Å²) in [5.74, 6) is 2.59. The number of nitrogens with one attached hydrogen (secondary N) is 2. The molecule has 0 saturated heterocycles. The third kappa shape index (κ3) is 5.54. The highest BCUT2D eigenvalue weighted by Gasteiger charge is 2.13. The molecule has 0 aliphatic rings. The van der Waals surface area contributed by atoms with Crippen molar-refractivity contribution < 1.29 is 14.2 Å². The molecule has 0 fully saturated rings. The summed E-state index contributed by atoms with van der Waals surface area (Å²) in [6, 6.07) is 12.1. The first-order chi connectivity index (χ1) is 13.1. The Labute approximate surface area is 161 Å². The molecule has 0 bridgehead atoms. The Morgan fingerprint density at radius 1 is 0.963 bits per heavy atom. The van der Waals surface area contributed by atoms with Gasteiger partial charge in [0, 0.05) is 13.1 Å². The molecule has 0 unspecified atom stereocenters. The van der Waals surface area contributed by atoms with Crippen LogP contribution in [0.3, 0.4) is 0 Å². The molecule has 6 heteroatoms. The lowest BCUT2D eigenvalue weighted by Crippen LogP contribution is -2.36. The predicted octanol–water partition coefficient (Wildman–Crippen LogP) is 3.28. The maximum absolute atomic E-state index is 5.41. The van der Waals surface area contributed by atoms with Crippen LogP contribution >= 0.6 is 0 Å². The van der Waals surface area contributed by atoms with Crippen molar-refractivity contribution in [2.24, 2.45) is 4.99 Å². The number of aryl methyl sites for hydroxylation is 1. The summed E-state index contributed by atoms with van der Waals surface area (Å²) in [7, 11) is 4.81. The van der Waals surface area contributed by atoms with Gasteiger partial charge >= 0.3 is 0 Å². The van der Waals surface area contributed by atoms with Crippen molar-refractivity contribution in [1.82, 2.24) is 10.6 Å². The van der Waals surface area contributed by atoms with E-state index in [1.807, 2.05) is 31.2 Å². The Morgan fingerprint density at radius 2 is 1.63 bits per heavy atom. The molecule has 0 amide bonds. The second kappa shape index (κ2) is 10.3. The molecule has 0 aliphatic carbocycles. The summed E-state index contributed by atoms with van der Waals surface area (Å²) >= 11 is 0. The number of rotatable bonds is 8. The van der Waals surface area contributed by atoms with Crippen LogP contribution in [-0.4, -0.2) is 33.8 Å². The van der Waals surface area contributed by atoms with Gasteiger partial charge in [-0.3, -0.25) is 0 Å². The van der Waals surface area contributed by atoms with Crippen LogP contribution in [0, 0.1) is 6.92 Å². The van der Waals surface area contributed by atoms with Gasteiger partial charge in [0.15, 0.2) is 17.5 Å². The molecule has 2 rings (SSSR count). The Kier molecular flexibility index (Phi) is 7.79. The Bertz CT molecular complexity index is 750. The Balaban J connectivity index is 2.15. The van der Waals surface area contributed by atoms with Crippen LogP contribution in [0.5, 0.6) is 17.2 Å². The lowest BCUT2D eigenvalue weighted by atomic mass is 10.1. The highest BCUT2D eigenvalue weighted by molar-refractivity contribution is 5.79. The monoisotopic (exact) mass is 371 g/mol. The number of hydrogen-bond donors (Lipinski definition) is 2. The van der Waals surface area contributed by atoms with Crippen molar-refractivity contribution in [2.75, 3.05) is 27.9 Å². The van der Waals surface area contributed by atoms with E-state index in [1.54, 1.807) is 21.3 Å². The van der Waals surface area contributed by atoms with E-state index in [9.17, 15) is 0 Å². The van der Waals surface area contributed by atoms with E-state index in [0.29, 0.717) is 30.3 Å². The number of nitrogens with zero attached hydrogens (tertiary/aromatic N) is 1. The minimum Gasteiger partial charge on any atom is -0.493 e. The molecular weight excluding hydrogens is 342 g/mol. The molecule has 2 aromatic carbocycles. The van der Waals surface area contributed by atoms with Crippen LogP contribution in [0.2, 0.25) is 0 Å². The van der Waals surface area contributed by atoms with E-state index < -0.39 is 0 Å². The quantitative estimate of drug-likeness (QED) is 0.551. The lowest BCUT2D eigenvalue weighted by molar-refractivity contribution is 0.324. The molecule has 0 saturated carbocycles. The molecule has 0 aliphatic heterocycles. The Morgan fingerprint density at radius 3 is 2.19 bits per heavy atom. The first-order valence-electron chi connectivity index (χ1n) is 8.98. The van der Waals surface area contributed by atoms with Crippen molar-refractivity contribution >= 4 is 5.96 Å². The molecule has 6 nitrogen and oxygen atoms in total. The molecule has 2 N–H and O–H groups in total. The lowest BCUT2D eigenvalue weighted by Gasteiger charge is -2.15. The van der Waals surface area contributed by atoms with E-state index in [1.165, 1.54) is 11.1 Å². The second-order valence-corrected chi connectivity index (χ2v) is 6.01. The molecule has 0 atom stereocenters. The summed E-state index contributed by atoms with van der Waals surface area (Å²) < 4.78 is 16.2. The molecule has 0 radical (unpaired) electrons. The number of guanidine groups is 1. The average Bonchev–Trinajstić information content (AvgIpc) is 2.70. The van der Waals surface area contributed by atoms with Crippen LogP contribution in [0.15, 0.2) is 41.4 Å². The maximum atomic E-state index is 5.41. The first kappa shape index (κ1) is 20.4. The number of methoxy groups -OCH3 is 3. The van der Waals surface area contributed by atoms with Gasteiger partial charge in [-0.25, -0.2) is 4.99 Å². The van der Waals surface area contributed by atoms with Gasteiger partial charge in [0.05, 0.1) is 27.9 Å². The molecular formula is C21H29N3O3. The second-order valence-electron chi connectivity index (χ2n) is 6.01. The fourth-order valence-corrected chi connectivity index (χ4v) is 2.73. The molecule has 146 valence electrons. The third-order valence-electron chi connectivity index (χ3n) is 4.20. The fraction of sp³-hybridized carbons (Fsp3) is 0.381.